The lowest BCUT2D eigenvalue weighted by Crippen LogP contribution is -2.32. The number of fused-ring (bicyclic) bond motifs is 2. The maximum atomic E-state index is 4.88. The third-order valence-electron chi connectivity index (χ3n) is 5.81. The van der Waals surface area contributed by atoms with Crippen LogP contribution in [0.15, 0.2) is 35.5 Å². The van der Waals surface area contributed by atoms with Crippen LogP contribution in [0.4, 0.5) is 0 Å². The zero-order valence-electron chi connectivity index (χ0n) is 16.4. The van der Waals surface area contributed by atoms with Gasteiger partial charge in [0, 0.05) is 44.4 Å². The van der Waals surface area contributed by atoms with E-state index in [2.05, 4.69) is 50.6 Å². The van der Waals surface area contributed by atoms with Gasteiger partial charge in [0.25, 0.3) is 0 Å². The van der Waals surface area contributed by atoms with Gasteiger partial charge in [-0.3, -0.25) is 9.89 Å². The maximum Gasteiger partial charge on any atom is 0.173 e. The number of nitrogens with zero attached hydrogens (tertiary/aromatic N) is 6. The van der Waals surface area contributed by atoms with Gasteiger partial charge in [0.1, 0.15) is 5.82 Å². The fourth-order valence-corrected chi connectivity index (χ4v) is 4.33. The van der Waals surface area contributed by atoms with Gasteiger partial charge in [0.05, 0.1) is 29.0 Å². The lowest BCUT2D eigenvalue weighted by Gasteiger charge is -2.28. The number of imidazole rings is 1. The van der Waals surface area contributed by atoms with E-state index in [0.29, 0.717) is 0 Å². The first-order valence-corrected chi connectivity index (χ1v) is 10.4. The van der Waals surface area contributed by atoms with Gasteiger partial charge in [0.15, 0.2) is 5.82 Å². The van der Waals surface area contributed by atoms with Crippen molar-refractivity contribution in [2.45, 2.75) is 52.2 Å². The van der Waals surface area contributed by atoms with Gasteiger partial charge in [-0.1, -0.05) is 12.1 Å². The van der Waals surface area contributed by atoms with Crippen molar-refractivity contribution in [2.24, 2.45) is 4.99 Å². The van der Waals surface area contributed by atoms with Crippen LogP contribution in [0.3, 0.4) is 0 Å². The Morgan fingerprint density at radius 2 is 2.00 bits per heavy atom. The molecule has 0 aliphatic carbocycles. The number of aliphatic imine (C=N–C) groups is 1. The Morgan fingerprint density at radius 1 is 1.07 bits per heavy atom. The summed E-state index contributed by atoms with van der Waals surface area (Å²) in [5, 5.41) is 0. The average molecular weight is 374 g/mol. The lowest BCUT2D eigenvalue weighted by molar-refractivity contribution is 0.234. The van der Waals surface area contributed by atoms with E-state index in [-0.39, 0.29) is 0 Å². The molecule has 0 saturated carbocycles. The van der Waals surface area contributed by atoms with Gasteiger partial charge < -0.3 is 4.57 Å². The van der Waals surface area contributed by atoms with Crippen LogP contribution in [0.1, 0.15) is 49.1 Å². The topological polar surface area (TPSA) is 59.2 Å². The summed E-state index contributed by atoms with van der Waals surface area (Å²) in [6.45, 7) is 6.79. The van der Waals surface area contributed by atoms with Crippen molar-refractivity contribution >= 4 is 16.7 Å². The van der Waals surface area contributed by atoms with Gasteiger partial charge in [-0.25, -0.2) is 15.0 Å². The lowest BCUT2D eigenvalue weighted by atomic mass is 10.1. The van der Waals surface area contributed by atoms with Crippen molar-refractivity contribution in [3.8, 4) is 0 Å². The zero-order valence-corrected chi connectivity index (χ0v) is 16.4. The summed E-state index contributed by atoms with van der Waals surface area (Å²) in [6.07, 6.45) is 6.38. The molecule has 2 aromatic heterocycles. The fraction of sp³-hybridized carbons (Fsp3) is 0.455. The summed E-state index contributed by atoms with van der Waals surface area (Å²) in [4.78, 5) is 21.5. The first-order valence-electron chi connectivity index (χ1n) is 10.4. The fourth-order valence-electron chi connectivity index (χ4n) is 4.33. The minimum atomic E-state index is 0.847. The number of para-hydroxylation sites is 2. The monoisotopic (exact) mass is 374 g/mol. The van der Waals surface area contributed by atoms with Gasteiger partial charge >= 0.3 is 0 Å². The van der Waals surface area contributed by atoms with Crippen molar-refractivity contribution < 1.29 is 0 Å². The average Bonchev–Trinajstić information content (AvgIpc) is 3.11. The molecule has 3 aromatic rings. The van der Waals surface area contributed by atoms with E-state index in [1.165, 1.54) is 29.6 Å². The Hall–Kier alpha value is -2.60. The minimum Gasteiger partial charge on any atom is -0.327 e. The molecule has 0 saturated heterocycles. The van der Waals surface area contributed by atoms with Crippen LogP contribution in [0.5, 0.6) is 0 Å². The Kier molecular flexibility index (Phi) is 4.64. The molecule has 0 spiro atoms. The standard InChI is InChI=1S/C22H26N6/c1-2-28-20-9-4-3-7-18(20)25-21(28)15-27-12-10-17-16(14-27)13-24-22(26-17)19-8-5-6-11-23-19/h3-4,7,9,13H,2,5-6,8,10-12,14-15H2,1H3. The second kappa shape index (κ2) is 7.43. The Morgan fingerprint density at radius 3 is 2.86 bits per heavy atom. The van der Waals surface area contributed by atoms with Crippen LogP contribution in [0.2, 0.25) is 0 Å². The molecule has 5 rings (SSSR count). The van der Waals surface area contributed by atoms with E-state index < -0.39 is 0 Å². The number of benzene rings is 1. The maximum absolute atomic E-state index is 4.88. The number of hydrogen-bond donors (Lipinski definition) is 0. The van der Waals surface area contributed by atoms with Crippen LogP contribution in [-0.2, 0) is 26.1 Å². The highest BCUT2D eigenvalue weighted by Gasteiger charge is 2.22. The molecule has 0 unspecified atom stereocenters. The highest BCUT2D eigenvalue weighted by atomic mass is 15.2. The smallest absolute Gasteiger partial charge is 0.173 e. The SMILES string of the molecule is CCn1c(CN2CCc3nc(C4=NCCCC4)ncc3C2)nc2ccccc21. The second-order valence-corrected chi connectivity index (χ2v) is 7.67. The minimum absolute atomic E-state index is 0.847. The van der Waals surface area contributed by atoms with Crippen LogP contribution in [0, 0.1) is 0 Å². The van der Waals surface area contributed by atoms with Crippen molar-refractivity contribution in [3.63, 3.8) is 0 Å². The largest absolute Gasteiger partial charge is 0.327 e. The normalized spacial score (nSPS) is 17.5. The quantitative estimate of drug-likeness (QED) is 0.702. The Labute approximate surface area is 165 Å². The van der Waals surface area contributed by atoms with Gasteiger partial charge in [-0.2, -0.15) is 0 Å². The molecule has 0 amide bonds. The van der Waals surface area contributed by atoms with Crippen molar-refractivity contribution in [1.29, 1.82) is 0 Å². The molecule has 0 fully saturated rings. The molecule has 2 aliphatic heterocycles. The van der Waals surface area contributed by atoms with Crippen LogP contribution in [-0.4, -0.2) is 43.2 Å². The molecule has 144 valence electrons. The molecule has 28 heavy (non-hydrogen) atoms. The number of aromatic nitrogens is 4. The number of aryl methyl sites for hydroxylation is 1. The van der Waals surface area contributed by atoms with E-state index in [4.69, 9.17) is 9.97 Å². The van der Waals surface area contributed by atoms with Crippen LogP contribution >= 0.6 is 0 Å². The molecule has 6 heteroatoms. The molecular formula is C22H26N6. The second-order valence-electron chi connectivity index (χ2n) is 7.67. The summed E-state index contributed by atoms with van der Waals surface area (Å²) >= 11 is 0. The first kappa shape index (κ1) is 17.5. The van der Waals surface area contributed by atoms with Crippen molar-refractivity contribution in [2.75, 3.05) is 13.1 Å². The summed E-state index contributed by atoms with van der Waals surface area (Å²) < 4.78 is 2.33. The summed E-state index contributed by atoms with van der Waals surface area (Å²) in [5.74, 6) is 1.99. The molecule has 0 atom stereocenters. The predicted octanol–water partition coefficient (Wildman–Crippen LogP) is 3.38. The molecule has 6 nitrogen and oxygen atoms in total. The van der Waals surface area contributed by atoms with Gasteiger partial charge in [0.2, 0.25) is 0 Å². The van der Waals surface area contributed by atoms with Gasteiger partial charge in [-0.15, -0.1) is 0 Å². The highest BCUT2D eigenvalue weighted by Crippen LogP contribution is 2.22. The molecule has 4 heterocycles. The first-order chi connectivity index (χ1) is 13.8. The van der Waals surface area contributed by atoms with E-state index in [9.17, 15) is 0 Å². The van der Waals surface area contributed by atoms with E-state index in [0.717, 1.165) is 68.4 Å². The Balaban J connectivity index is 1.36. The predicted molar refractivity (Wildman–Crippen MR) is 111 cm³/mol. The van der Waals surface area contributed by atoms with Crippen LogP contribution in [0.25, 0.3) is 11.0 Å². The summed E-state index contributed by atoms with van der Waals surface area (Å²) in [6, 6.07) is 8.40. The summed E-state index contributed by atoms with van der Waals surface area (Å²) in [5.41, 5.74) is 5.83. The molecule has 2 aliphatic rings. The van der Waals surface area contributed by atoms with E-state index in [1.807, 2.05) is 6.20 Å². The highest BCUT2D eigenvalue weighted by molar-refractivity contribution is 5.97. The van der Waals surface area contributed by atoms with E-state index in [1.54, 1.807) is 0 Å². The number of hydrogen-bond acceptors (Lipinski definition) is 5. The molecule has 0 bridgehead atoms. The number of rotatable bonds is 4. The molecule has 0 radical (unpaired) electrons. The third kappa shape index (κ3) is 3.22. The van der Waals surface area contributed by atoms with Crippen molar-refractivity contribution in [1.82, 2.24) is 24.4 Å². The Bertz CT molecular complexity index is 1030. The molecule has 0 N–H and O–H groups in total. The summed E-state index contributed by atoms with van der Waals surface area (Å²) in [7, 11) is 0. The third-order valence-corrected chi connectivity index (χ3v) is 5.81. The van der Waals surface area contributed by atoms with Crippen LogP contribution < -0.4 is 0 Å². The molecule has 1 aromatic carbocycles. The van der Waals surface area contributed by atoms with Crippen molar-refractivity contribution in [3.05, 3.63) is 53.4 Å². The van der Waals surface area contributed by atoms with E-state index >= 15 is 0 Å². The zero-order chi connectivity index (χ0) is 18.9. The van der Waals surface area contributed by atoms with Gasteiger partial charge in [-0.05, 0) is 38.3 Å². The molecular weight excluding hydrogens is 348 g/mol.